The number of nitrogens with two attached hydrogens (primary N) is 1. The topological polar surface area (TPSA) is 141 Å². The summed E-state index contributed by atoms with van der Waals surface area (Å²) in [5.74, 6) is 0.256. The van der Waals surface area contributed by atoms with Gasteiger partial charge in [-0.25, -0.2) is 4.39 Å². The Morgan fingerprint density at radius 2 is 1.48 bits per heavy atom. The van der Waals surface area contributed by atoms with Gasteiger partial charge in [-0.2, -0.15) is 0 Å². The Kier molecular flexibility index (Phi) is 10.7. The number of rotatable bonds is 15. The lowest BCUT2D eigenvalue weighted by atomic mass is 10.0. The van der Waals surface area contributed by atoms with Crippen molar-refractivity contribution >= 4 is 33.3 Å². The smallest absolute Gasteiger partial charge is 0.250 e. The van der Waals surface area contributed by atoms with E-state index in [-0.39, 0.29) is 53.2 Å². The normalized spacial score (nSPS) is 11.2. The summed E-state index contributed by atoms with van der Waals surface area (Å²) in [7, 11) is 4.49. The minimum absolute atomic E-state index is 0.0858. The zero-order valence-corrected chi connectivity index (χ0v) is 23.6. The molecule has 0 spiro atoms. The van der Waals surface area contributed by atoms with Gasteiger partial charge in [-0.15, -0.1) is 0 Å². The van der Waals surface area contributed by atoms with E-state index < -0.39 is 11.7 Å². The molecule has 0 atom stereocenters. The first-order chi connectivity index (χ1) is 20.4. The maximum absolute atomic E-state index is 14.7. The Labute approximate surface area is 241 Å². The second-order valence-electron chi connectivity index (χ2n) is 8.99. The Morgan fingerprint density at radius 1 is 0.833 bits per heavy atom. The summed E-state index contributed by atoms with van der Waals surface area (Å²) < 4.78 is 53.4. The average molecular weight is 585 g/mol. The highest BCUT2D eigenvalue weighted by molar-refractivity contribution is 6.13. The predicted octanol–water partition coefficient (Wildman–Crippen LogP) is 3.73. The highest BCUT2D eigenvalue weighted by Crippen LogP contribution is 2.44. The molecule has 1 heterocycles. The van der Waals surface area contributed by atoms with E-state index in [9.17, 15) is 14.0 Å². The molecular weight excluding hydrogens is 551 g/mol. The highest BCUT2D eigenvalue weighted by Gasteiger charge is 2.21. The lowest BCUT2D eigenvalue weighted by Gasteiger charge is -2.15. The number of methoxy groups -OCH3 is 3. The van der Waals surface area contributed by atoms with Crippen LogP contribution < -0.4 is 30.7 Å². The summed E-state index contributed by atoms with van der Waals surface area (Å²) in [5.41, 5.74) is 5.56. The Bertz CT molecular complexity index is 1610. The van der Waals surface area contributed by atoms with E-state index in [0.717, 1.165) is 6.07 Å². The third-order valence-corrected chi connectivity index (χ3v) is 6.23. The first kappa shape index (κ1) is 30.7. The van der Waals surface area contributed by atoms with Gasteiger partial charge in [0.15, 0.2) is 11.0 Å². The van der Waals surface area contributed by atoms with Gasteiger partial charge in [0, 0.05) is 23.9 Å². The fraction of sp³-hybridized carbons (Fsp3) is 0.333. The Hall–Kier alpha value is -4.23. The molecule has 0 saturated carbocycles. The maximum atomic E-state index is 14.7. The van der Waals surface area contributed by atoms with Crippen LogP contribution in [0.15, 0.2) is 51.7 Å². The molecule has 0 radical (unpaired) electrons. The number of hydrogen-bond acceptors (Lipinski definition) is 10. The zero-order chi connectivity index (χ0) is 30.1. The van der Waals surface area contributed by atoms with Crippen LogP contribution in [0.5, 0.6) is 17.2 Å². The van der Waals surface area contributed by atoms with Gasteiger partial charge >= 0.3 is 0 Å². The second-order valence-corrected chi connectivity index (χ2v) is 8.99. The molecule has 4 rings (SSSR count). The monoisotopic (exact) mass is 584 g/mol. The van der Waals surface area contributed by atoms with E-state index in [1.165, 1.54) is 39.5 Å². The van der Waals surface area contributed by atoms with E-state index in [1.807, 2.05) is 0 Å². The largest absolute Gasteiger partial charge is 0.496 e. The third kappa shape index (κ3) is 7.15. The molecule has 0 aliphatic rings. The van der Waals surface area contributed by atoms with Crippen LogP contribution in [-0.4, -0.2) is 73.4 Å². The van der Waals surface area contributed by atoms with Crippen molar-refractivity contribution in [3.05, 3.63) is 58.5 Å². The number of fused-ring (bicyclic) bond motifs is 3. The molecule has 3 aromatic carbocycles. The first-order valence-corrected chi connectivity index (χ1v) is 13.1. The van der Waals surface area contributed by atoms with Gasteiger partial charge in [-0.3, -0.25) is 9.59 Å². The molecule has 0 fully saturated rings. The molecule has 11 nitrogen and oxygen atoms in total. The van der Waals surface area contributed by atoms with Crippen LogP contribution in [0.2, 0.25) is 0 Å². The molecule has 3 N–H and O–H groups in total. The minimum Gasteiger partial charge on any atom is -0.496 e. The van der Waals surface area contributed by atoms with Gasteiger partial charge in [-0.1, -0.05) is 0 Å². The summed E-state index contributed by atoms with van der Waals surface area (Å²) >= 11 is 0. The number of nitrogens with one attached hydrogen (secondary N) is 1. The SMILES string of the molecule is COc1ccc(OC)c2c1c(OC)cc1c(=O)cc(-c3cc(F)cc(NC(=O)COCCOCCOCCN)c3)oc12. The van der Waals surface area contributed by atoms with Crippen LogP contribution in [0, 0.1) is 5.82 Å². The lowest BCUT2D eigenvalue weighted by Crippen LogP contribution is -2.20. The number of hydrogen-bond donors (Lipinski definition) is 2. The Morgan fingerprint density at radius 3 is 2.14 bits per heavy atom. The van der Waals surface area contributed by atoms with E-state index in [4.69, 9.17) is 38.6 Å². The molecule has 0 bridgehead atoms. The van der Waals surface area contributed by atoms with Crippen molar-refractivity contribution in [3.63, 3.8) is 0 Å². The van der Waals surface area contributed by atoms with Crippen LogP contribution in [0.1, 0.15) is 0 Å². The maximum Gasteiger partial charge on any atom is 0.250 e. The van der Waals surface area contributed by atoms with Gasteiger partial charge in [0.1, 0.15) is 35.4 Å². The van der Waals surface area contributed by atoms with Crippen molar-refractivity contribution in [2.75, 3.05) is 72.8 Å². The van der Waals surface area contributed by atoms with Crippen LogP contribution in [0.3, 0.4) is 0 Å². The van der Waals surface area contributed by atoms with Crippen molar-refractivity contribution in [1.82, 2.24) is 0 Å². The number of amides is 1. The standard InChI is InChI=1S/C30H33FN2O9/c1-36-23-4-5-24(37-2)29-28(23)26(38-3)15-21-22(34)16-25(42-30(21)29)18-12-19(31)14-20(13-18)33-27(35)17-41-11-10-40-9-8-39-7-6-32/h4-5,12-16H,6-11,17,32H2,1-3H3,(H,33,35). The van der Waals surface area contributed by atoms with Gasteiger partial charge in [0.2, 0.25) is 5.91 Å². The Balaban J connectivity index is 1.57. The number of carbonyl (C=O) groups is 1. The molecule has 4 aromatic rings. The van der Waals surface area contributed by atoms with Crippen molar-refractivity contribution in [3.8, 4) is 28.6 Å². The van der Waals surface area contributed by atoms with Crippen molar-refractivity contribution in [2.24, 2.45) is 5.73 Å². The van der Waals surface area contributed by atoms with E-state index in [2.05, 4.69) is 5.32 Å². The molecule has 12 heteroatoms. The quantitative estimate of drug-likeness (QED) is 0.157. The molecule has 42 heavy (non-hydrogen) atoms. The summed E-state index contributed by atoms with van der Waals surface area (Å²) in [6, 6.07) is 10.1. The molecule has 0 aliphatic heterocycles. The lowest BCUT2D eigenvalue weighted by molar-refractivity contribution is -0.121. The summed E-state index contributed by atoms with van der Waals surface area (Å²) in [6.45, 7) is 1.92. The fourth-order valence-corrected chi connectivity index (χ4v) is 4.40. The van der Waals surface area contributed by atoms with E-state index in [0.29, 0.717) is 54.4 Å². The molecule has 1 aromatic heterocycles. The summed E-state index contributed by atoms with van der Waals surface area (Å²) in [6.07, 6.45) is 0. The molecule has 224 valence electrons. The zero-order valence-electron chi connectivity index (χ0n) is 23.6. The third-order valence-electron chi connectivity index (χ3n) is 6.23. The van der Waals surface area contributed by atoms with Crippen molar-refractivity contribution < 1.29 is 42.0 Å². The van der Waals surface area contributed by atoms with Crippen LogP contribution >= 0.6 is 0 Å². The van der Waals surface area contributed by atoms with Crippen LogP contribution in [-0.2, 0) is 19.0 Å². The first-order valence-electron chi connectivity index (χ1n) is 13.1. The predicted molar refractivity (Wildman–Crippen MR) is 155 cm³/mol. The second kappa shape index (κ2) is 14.6. The van der Waals surface area contributed by atoms with Crippen molar-refractivity contribution in [1.29, 1.82) is 0 Å². The number of ether oxygens (including phenoxy) is 6. The van der Waals surface area contributed by atoms with Gasteiger partial charge in [0.05, 0.1) is 70.5 Å². The van der Waals surface area contributed by atoms with Crippen LogP contribution in [0.4, 0.5) is 10.1 Å². The molecule has 0 unspecified atom stereocenters. The van der Waals surface area contributed by atoms with Gasteiger partial charge in [0.25, 0.3) is 0 Å². The van der Waals surface area contributed by atoms with Gasteiger partial charge in [-0.05, 0) is 36.4 Å². The van der Waals surface area contributed by atoms with E-state index in [1.54, 1.807) is 18.2 Å². The van der Waals surface area contributed by atoms with Gasteiger partial charge < -0.3 is 43.9 Å². The molecular formula is C30H33FN2O9. The number of carbonyl (C=O) groups excluding carboxylic acids is 1. The minimum atomic E-state index is -0.643. The van der Waals surface area contributed by atoms with Crippen molar-refractivity contribution in [2.45, 2.75) is 0 Å². The number of halogens is 1. The fourth-order valence-electron chi connectivity index (χ4n) is 4.40. The molecule has 0 aliphatic carbocycles. The highest BCUT2D eigenvalue weighted by atomic mass is 19.1. The number of anilines is 1. The van der Waals surface area contributed by atoms with Crippen LogP contribution in [0.25, 0.3) is 33.1 Å². The summed E-state index contributed by atoms with van der Waals surface area (Å²) in [4.78, 5) is 25.7. The number of benzene rings is 3. The molecule has 1 amide bonds. The molecule has 0 saturated heterocycles. The summed E-state index contributed by atoms with van der Waals surface area (Å²) in [5, 5.41) is 3.84. The van der Waals surface area contributed by atoms with E-state index >= 15 is 0 Å². The average Bonchev–Trinajstić information content (AvgIpc) is 2.98.